The summed E-state index contributed by atoms with van der Waals surface area (Å²) in [7, 11) is 0. The number of rotatable bonds is 8. The predicted molar refractivity (Wildman–Crippen MR) is 123 cm³/mol. The molecule has 2 saturated carbocycles. The number of carbonyl (C=O) groups is 1. The number of nitrogens with zero attached hydrogens (tertiary/aromatic N) is 1. The molecule has 3 rings (SSSR count). The van der Waals surface area contributed by atoms with Gasteiger partial charge in [-0.05, 0) is 49.8 Å². The highest BCUT2D eigenvalue weighted by Gasteiger charge is 2.23. The number of amides is 1. The lowest BCUT2D eigenvalue weighted by molar-refractivity contribution is -0.123. The normalized spacial score (nSPS) is 17.9. The smallest absolute Gasteiger partial charge is 0.258 e. The molecular weight excluding hydrogens is 467 g/mol. The van der Waals surface area contributed by atoms with Crippen LogP contribution in [0.4, 0.5) is 0 Å². The zero-order valence-corrected chi connectivity index (χ0v) is 18.8. The van der Waals surface area contributed by atoms with Crippen molar-refractivity contribution in [1.29, 1.82) is 0 Å². The van der Waals surface area contributed by atoms with E-state index in [0.717, 1.165) is 19.3 Å². The molecule has 0 radical (unpaired) electrons. The van der Waals surface area contributed by atoms with E-state index in [1.807, 2.05) is 24.3 Å². The zero-order chi connectivity index (χ0) is 18.9. The van der Waals surface area contributed by atoms with Gasteiger partial charge in [-0.1, -0.05) is 37.8 Å². The van der Waals surface area contributed by atoms with E-state index in [2.05, 4.69) is 15.6 Å². The second-order valence-corrected chi connectivity index (χ2v) is 7.62. The highest BCUT2D eigenvalue weighted by molar-refractivity contribution is 14.0. The molecule has 2 fully saturated rings. The minimum absolute atomic E-state index is 0. The molecule has 2 aliphatic rings. The van der Waals surface area contributed by atoms with Gasteiger partial charge in [-0.15, -0.1) is 24.0 Å². The van der Waals surface area contributed by atoms with E-state index in [9.17, 15) is 4.79 Å². The number of ether oxygens (including phenoxy) is 1. The fraction of sp³-hybridized carbons (Fsp3) is 0.619. The molecule has 7 heteroatoms. The molecule has 0 spiro atoms. The summed E-state index contributed by atoms with van der Waals surface area (Å²) in [6.07, 6.45) is 10.6. The number of guanidine groups is 1. The van der Waals surface area contributed by atoms with Crippen molar-refractivity contribution in [2.45, 2.75) is 69.9 Å². The third kappa shape index (κ3) is 8.67. The van der Waals surface area contributed by atoms with E-state index >= 15 is 0 Å². The van der Waals surface area contributed by atoms with Gasteiger partial charge in [0.1, 0.15) is 5.75 Å². The van der Waals surface area contributed by atoms with Gasteiger partial charge in [-0.2, -0.15) is 0 Å². The van der Waals surface area contributed by atoms with Crippen LogP contribution in [0.3, 0.4) is 0 Å². The average molecular weight is 500 g/mol. The van der Waals surface area contributed by atoms with Crippen LogP contribution >= 0.6 is 24.0 Å². The van der Waals surface area contributed by atoms with Crippen LogP contribution in [0.15, 0.2) is 29.3 Å². The van der Waals surface area contributed by atoms with Crippen molar-refractivity contribution in [2.75, 3.05) is 13.2 Å². The maximum atomic E-state index is 11.6. The molecule has 2 aliphatic carbocycles. The van der Waals surface area contributed by atoms with Gasteiger partial charge >= 0.3 is 0 Å². The van der Waals surface area contributed by atoms with E-state index in [4.69, 9.17) is 10.5 Å². The number of nitrogens with two attached hydrogens (primary N) is 1. The Kier molecular flexibility index (Phi) is 9.87. The van der Waals surface area contributed by atoms with Crippen molar-refractivity contribution in [3.05, 3.63) is 29.8 Å². The van der Waals surface area contributed by atoms with Gasteiger partial charge in [0.15, 0.2) is 12.6 Å². The van der Waals surface area contributed by atoms with Gasteiger partial charge < -0.3 is 21.1 Å². The molecule has 28 heavy (non-hydrogen) atoms. The van der Waals surface area contributed by atoms with Crippen molar-refractivity contribution in [2.24, 2.45) is 10.7 Å². The summed E-state index contributed by atoms with van der Waals surface area (Å²) in [6.45, 7) is 0.735. The molecule has 0 aliphatic heterocycles. The fourth-order valence-corrected chi connectivity index (χ4v) is 3.38. The van der Waals surface area contributed by atoms with E-state index in [-0.39, 0.29) is 36.5 Å². The molecule has 156 valence electrons. The summed E-state index contributed by atoms with van der Waals surface area (Å²) in [4.78, 5) is 16.1. The Labute approximate surface area is 185 Å². The van der Waals surface area contributed by atoms with Gasteiger partial charge in [-0.3, -0.25) is 9.79 Å². The van der Waals surface area contributed by atoms with E-state index < -0.39 is 0 Å². The minimum atomic E-state index is -0.0486. The fourth-order valence-electron chi connectivity index (χ4n) is 3.38. The molecule has 0 atom stereocenters. The minimum Gasteiger partial charge on any atom is -0.484 e. The predicted octanol–water partition coefficient (Wildman–Crippen LogP) is 3.13. The SMILES string of the molecule is I.NC(=NCCc1ccc(OCC(=O)NC2CC2)cc1)NC1CCCCCC1. The van der Waals surface area contributed by atoms with Crippen LogP contribution in [0.25, 0.3) is 0 Å². The Balaban J connectivity index is 0.00000280. The zero-order valence-electron chi connectivity index (χ0n) is 16.5. The van der Waals surface area contributed by atoms with Crippen LogP contribution in [0, 0.1) is 0 Å². The van der Waals surface area contributed by atoms with Crippen LogP contribution < -0.4 is 21.1 Å². The first-order chi connectivity index (χ1) is 13.2. The summed E-state index contributed by atoms with van der Waals surface area (Å²) in [5.41, 5.74) is 7.21. The number of nitrogens with one attached hydrogen (secondary N) is 2. The molecule has 0 aromatic heterocycles. The van der Waals surface area contributed by atoms with Crippen LogP contribution in [0.1, 0.15) is 56.9 Å². The first-order valence-corrected chi connectivity index (χ1v) is 10.3. The molecule has 6 nitrogen and oxygen atoms in total. The Hall–Kier alpha value is -1.51. The molecule has 1 aromatic rings. The molecule has 0 bridgehead atoms. The lowest BCUT2D eigenvalue weighted by atomic mass is 10.1. The molecule has 4 N–H and O–H groups in total. The summed E-state index contributed by atoms with van der Waals surface area (Å²) in [6, 6.07) is 8.67. The first kappa shape index (κ1) is 22.8. The Bertz CT molecular complexity index is 624. The van der Waals surface area contributed by atoms with Gasteiger partial charge in [-0.25, -0.2) is 0 Å². The Morgan fingerprint density at radius 1 is 1.00 bits per heavy atom. The lowest BCUT2D eigenvalue weighted by Crippen LogP contribution is -2.40. The second-order valence-electron chi connectivity index (χ2n) is 7.62. The molecule has 1 amide bonds. The standard InChI is InChI=1S/C21H32N4O2.HI/c22-21(25-17-5-3-1-2-4-6-17)23-14-13-16-7-11-19(12-8-16)27-15-20(26)24-18-9-10-18;/h7-8,11-12,17-18H,1-6,9-10,13-15H2,(H,24,26)(H3,22,23,25);1H. The van der Waals surface area contributed by atoms with Crippen molar-refractivity contribution in [3.63, 3.8) is 0 Å². The Morgan fingerprint density at radius 3 is 2.29 bits per heavy atom. The Morgan fingerprint density at radius 2 is 1.64 bits per heavy atom. The monoisotopic (exact) mass is 500 g/mol. The molecular formula is C21H33IN4O2. The number of hydrogen-bond acceptors (Lipinski definition) is 3. The third-order valence-corrected chi connectivity index (χ3v) is 5.13. The number of carbonyl (C=O) groups excluding carboxylic acids is 1. The summed E-state index contributed by atoms with van der Waals surface area (Å²) >= 11 is 0. The van der Waals surface area contributed by atoms with Gasteiger partial charge in [0, 0.05) is 18.6 Å². The van der Waals surface area contributed by atoms with Crippen LogP contribution in [-0.4, -0.2) is 37.1 Å². The molecule has 0 unspecified atom stereocenters. The van der Waals surface area contributed by atoms with Crippen molar-refractivity contribution < 1.29 is 9.53 Å². The topological polar surface area (TPSA) is 88.7 Å². The van der Waals surface area contributed by atoms with E-state index in [1.165, 1.54) is 44.1 Å². The van der Waals surface area contributed by atoms with Crippen molar-refractivity contribution in [3.8, 4) is 5.75 Å². The maximum Gasteiger partial charge on any atom is 0.258 e. The summed E-state index contributed by atoms with van der Waals surface area (Å²) in [5.74, 6) is 1.22. The summed E-state index contributed by atoms with van der Waals surface area (Å²) < 4.78 is 5.52. The number of benzene rings is 1. The average Bonchev–Trinajstić information content (AvgIpc) is 3.49. The highest BCUT2D eigenvalue weighted by Crippen LogP contribution is 2.19. The van der Waals surface area contributed by atoms with Crippen molar-refractivity contribution in [1.82, 2.24) is 10.6 Å². The lowest BCUT2D eigenvalue weighted by Gasteiger charge is -2.16. The first-order valence-electron chi connectivity index (χ1n) is 10.3. The number of aliphatic imine (C=N–C) groups is 1. The number of halogens is 1. The van der Waals surface area contributed by atoms with E-state index in [0.29, 0.717) is 30.3 Å². The quantitative estimate of drug-likeness (QED) is 0.222. The molecule has 0 saturated heterocycles. The van der Waals surface area contributed by atoms with E-state index in [1.54, 1.807) is 0 Å². The second kappa shape index (κ2) is 12.1. The van der Waals surface area contributed by atoms with Crippen LogP contribution in [-0.2, 0) is 11.2 Å². The molecule has 1 aromatic carbocycles. The maximum absolute atomic E-state index is 11.6. The van der Waals surface area contributed by atoms with Crippen molar-refractivity contribution >= 4 is 35.8 Å². The molecule has 0 heterocycles. The highest BCUT2D eigenvalue weighted by atomic mass is 127. The number of hydrogen-bond donors (Lipinski definition) is 3. The third-order valence-electron chi connectivity index (χ3n) is 5.13. The van der Waals surface area contributed by atoms with Gasteiger partial charge in [0.25, 0.3) is 5.91 Å². The summed E-state index contributed by atoms with van der Waals surface area (Å²) in [5, 5.41) is 6.28. The van der Waals surface area contributed by atoms with Crippen LogP contribution in [0.5, 0.6) is 5.75 Å². The van der Waals surface area contributed by atoms with Gasteiger partial charge in [0.2, 0.25) is 0 Å². The van der Waals surface area contributed by atoms with Crippen LogP contribution in [0.2, 0.25) is 0 Å². The van der Waals surface area contributed by atoms with Gasteiger partial charge in [0.05, 0.1) is 0 Å². The largest absolute Gasteiger partial charge is 0.484 e.